The molecular weight excluding hydrogens is 275 g/mol. The van der Waals surface area contributed by atoms with E-state index in [1.807, 2.05) is 23.9 Å². The lowest BCUT2D eigenvalue weighted by atomic mass is 10.0. The molecule has 20 heavy (non-hydrogen) atoms. The number of thioether (sulfide) groups is 1. The lowest BCUT2D eigenvalue weighted by molar-refractivity contribution is 0.620. The van der Waals surface area contributed by atoms with E-state index < -0.39 is 0 Å². The molecule has 1 aliphatic rings. The van der Waals surface area contributed by atoms with E-state index in [0.717, 1.165) is 23.5 Å². The Bertz CT molecular complexity index is 650. The summed E-state index contributed by atoms with van der Waals surface area (Å²) in [5.74, 6) is 1.79. The normalized spacial score (nSPS) is 15.2. The molecule has 2 N–H and O–H groups in total. The van der Waals surface area contributed by atoms with Crippen LogP contribution in [0, 0.1) is 5.82 Å². The Morgan fingerprint density at radius 3 is 2.95 bits per heavy atom. The maximum absolute atomic E-state index is 14.3. The smallest absolute Gasteiger partial charge is 0.132 e. The molecule has 0 fully saturated rings. The van der Waals surface area contributed by atoms with Crippen molar-refractivity contribution >= 4 is 17.3 Å². The van der Waals surface area contributed by atoms with E-state index in [9.17, 15) is 4.39 Å². The predicted octanol–water partition coefficient (Wildman–Crippen LogP) is 2.39. The average molecular weight is 290 g/mol. The molecule has 0 unspecified atom stereocenters. The zero-order valence-electron chi connectivity index (χ0n) is 10.9. The number of halogens is 1. The number of hydrogen-bond acceptors (Lipinski definition) is 4. The molecule has 0 aliphatic carbocycles. The number of nitrogens with zero attached hydrogens (tertiary/aromatic N) is 3. The number of nitrogens with two attached hydrogens (primary N) is 1. The van der Waals surface area contributed by atoms with Crippen LogP contribution in [-0.4, -0.2) is 26.5 Å². The van der Waals surface area contributed by atoms with Crippen LogP contribution in [0.2, 0.25) is 0 Å². The van der Waals surface area contributed by atoms with Crippen molar-refractivity contribution in [3.05, 3.63) is 47.5 Å². The molecule has 3 rings (SSSR count). The highest BCUT2D eigenvalue weighted by molar-refractivity contribution is 7.99. The standard InChI is InChI=1S/C14H15FN4S/c15-14-7-12(19-9-11(8-16)17-18-19)1-2-13(14)10-3-5-20-6-4-10/h1-3,7,9H,4-6,8,16H2. The van der Waals surface area contributed by atoms with Crippen molar-refractivity contribution in [3.63, 3.8) is 0 Å². The van der Waals surface area contributed by atoms with E-state index in [1.54, 1.807) is 10.9 Å². The third kappa shape index (κ3) is 2.62. The summed E-state index contributed by atoms with van der Waals surface area (Å²) in [4.78, 5) is 0. The minimum atomic E-state index is -0.217. The van der Waals surface area contributed by atoms with Gasteiger partial charge in [0.15, 0.2) is 0 Å². The van der Waals surface area contributed by atoms with E-state index in [4.69, 9.17) is 5.73 Å². The lowest BCUT2D eigenvalue weighted by Crippen LogP contribution is -2.01. The van der Waals surface area contributed by atoms with Gasteiger partial charge in [-0.1, -0.05) is 11.3 Å². The SMILES string of the molecule is NCc1cn(-c2ccc(C3=CCSCC3)c(F)c2)nn1. The van der Waals surface area contributed by atoms with Gasteiger partial charge < -0.3 is 5.73 Å². The summed E-state index contributed by atoms with van der Waals surface area (Å²) in [7, 11) is 0. The van der Waals surface area contributed by atoms with E-state index in [0.29, 0.717) is 23.5 Å². The third-order valence-corrected chi connectivity index (χ3v) is 4.17. The first-order valence-corrected chi connectivity index (χ1v) is 7.62. The molecule has 0 atom stereocenters. The fourth-order valence-electron chi connectivity index (χ4n) is 2.20. The van der Waals surface area contributed by atoms with Crippen LogP contribution < -0.4 is 5.73 Å². The Kier molecular flexibility index (Phi) is 3.84. The summed E-state index contributed by atoms with van der Waals surface area (Å²) >= 11 is 1.87. The number of benzene rings is 1. The lowest BCUT2D eigenvalue weighted by Gasteiger charge is -2.14. The van der Waals surface area contributed by atoms with Gasteiger partial charge in [-0.15, -0.1) is 5.10 Å². The molecule has 104 valence electrons. The van der Waals surface area contributed by atoms with Gasteiger partial charge in [0.05, 0.1) is 17.6 Å². The highest BCUT2D eigenvalue weighted by atomic mass is 32.2. The van der Waals surface area contributed by atoms with Crippen molar-refractivity contribution in [1.29, 1.82) is 0 Å². The van der Waals surface area contributed by atoms with Gasteiger partial charge in [-0.25, -0.2) is 9.07 Å². The zero-order valence-corrected chi connectivity index (χ0v) is 11.7. The molecule has 1 aromatic heterocycles. The van der Waals surface area contributed by atoms with Gasteiger partial charge in [-0.2, -0.15) is 11.8 Å². The molecule has 1 aromatic carbocycles. The molecule has 0 radical (unpaired) electrons. The van der Waals surface area contributed by atoms with Crippen molar-refractivity contribution in [2.24, 2.45) is 5.73 Å². The van der Waals surface area contributed by atoms with E-state index in [2.05, 4.69) is 16.4 Å². The second kappa shape index (κ2) is 5.76. The van der Waals surface area contributed by atoms with E-state index in [-0.39, 0.29) is 5.82 Å². The van der Waals surface area contributed by atoms with Crippen LogP contribution in [0.3, 0.4) is 0 Å². The quantitative estimate of drug-likeness (QED) is 0.943. The Morgan fingerprint density at radius 2 is 2.30 bits per heavy atom. The largest absolute Gasteiger partial charge is 0.325 e. The molecule has 0 saturated heterocycles. The molecule has 0 bridgehead atoms. The van der Waals surface area contributed by atoms with Crippen LogP contribution in [0.15, 0.2) is 30.5 Å². The first-order valence-electron chi connectivity index (χ1n) is 6.46. The maximum Gasteiger partial charge on any atom is 0.132 e. The predicted molar refractivity (Wildman–Crippen MR) is 79.1 cm³/mol. The Morgan fingerprint density at radius 1 is 1.40 bits per heavy atom. The Labute approximate surface area is 120 Å². The van der Waals surface area contributed by atoms with Gasteiger partial charge in [0, 0.05) is 23.9 Å². The van der Waals surface area contributed by atoms with Gasteiger partial charge in [-0.05, 0) is 29.9 Å². The Hall–Kier alpha value is -1.66. The molecule has 2 heterocycles. The third-order valence-electron chi connectivity index (χ3n) is 3.28. The van der Waals surface area contributed by atoms with Gasteiger partial charge >= 0.3 is 0 Å². The molecule has 2 aromatic rings. The molecule has 0 saturated carbocycles. The van der Waals surface area contributed by atoms with Crippen molar-refractivity contribution in [2.75, 3.05) is 11.5 Å². The van der Waals surface area contributed by atoms with Crippen molar-refractivity contribution in [1.82, 2.24) is 15.0 Å². The van der Waals surface area contributed by atoms with Crippen LogP contribution in [0.4, 0.5) is 4.39 Å². The van der Waals surface area contributed by atoms with Crippen LogP contribution >= 0.6 is 11.8 Å². The van der Waals surface area contributed by atoms with Crippen LogP contribution in [0.1, 0.15) is 17.7 Å². The zero-order chi connectivity index (χ0) is 13.9. The molecule has 4 nitrogen and oxygen atoms in total. The maximum atomic E-state index is 14.3. The number of aromatic nitrogens is 3. The molecule has 6 heteroatoms. The van der Waals surface area contributed by atoms with Crippen molar-refractivity contribution in [3.8, 4) is 5.69 Å². The molecular formula is C14H15FN4S. The van der Waals surface area contributed by atoms with Gasteiger partial charge in [0.2, 0.25) is 0 Å². The van der Waals surface area contributed by atoms with Gasteiger partial charge in [-0.3, -0.25) is 0 Å². The minimum absolute atomic E-state index is 0.217. The second-order valence-corrected chi connectivity index (χ2v) is 5.73. The van der Waals surface area contributed by atoms with Crippen LogP contribution in [0.5, 0.6) is 0 Å². The first-order chi connectivity index (χ1) is 9.78. The van der Waals surface area contributed by atoms with Crippen molar-refractivity contribution < 1.29 is 4.39 Å². The summed E-state index contributed by atoms with van der Waals surface area (Å²) in [6.45, 7) is 0.325. The van der Waals surface area contributed by atoms with Gasteiger partial charge in [0.25, 0.3) is 0 Å². The first kappa shape index (κ1) is 13.3. The number of allylic oxidation sites excluding steroid dienone is 1. The number of rotatable bonds is 3. The van der Waals surface area contributed by atoms with Crippen LogP contribution in [-0.2, 0) is 6.54 Å². The average Bonchev–Trinajstić information content (AvgIpc) is 2.97. The number of hydrogen-bond donors (Lipinski definition) is 1. The molecule has 0 amide bonds. The fraction of sp³-hybridized carbons (Fsp3) is 0.286. The second-order valence-electron chi connectivity index (χ2n) is 4.58. The topological polar surface area (TPSA) is 56.7 Å². The Balaban J connectivity index is 1.92. The van der Waals surface area contributed by atoms with E-state index in [1.165, 1.54) is 6.07 Å². The molecule has 1 aliphatic heterocycles. The van der Waals surface area contributed by atoms with Gasteiger partial charge in [0.1, 0.15) is 5.82 Å². The summed E-state index contributed by atoms with van der Waals surface area (Å²) in [6, 6.07) is 5.17. The highest BCUT2D eigenvalue weighted by Gasteiger charge is 2.12. The summed E-state index contributed by atoms with van der Waals surface area (Å²) in [6.07, 6.45) is 4.74. The van der Waals surface area contributed by atoms with Crippen molar-refractivity contribution in [2.45, 2.75) is 13.0 Å². The summed E-state index contributed by atoms with van der Waals surface area (Å²) in [5, 5.41) is 7.85. The highest BCUT2D eigenvalue weighted by Crippen LogP contribution is 2.28. The van der Waals surface area contributed by atoms with E-state index >= 15 is 0 Å². The van der Waals surface area contributed by atoms with Crippen LogP contribution in [0.25, 0.3) is 11.3 Å². The fourth-order valence-corrected chi connectivity index (χ4v) is 3.05. The summed E-state index contributed by atoms with van der Waals surface area (Å²) < 4.78 is 15.8. The monoisotopic (exact) mass is 290 g/mol. The minimum Gasteiger partial charge on any atom is -0.325 e. The molecule has 0 spiro atoms. The summed E-state index contributed by atoms with van der Waals surface area (Å²) in [5.41, 5.74) is 8.61.